The van der Waals surface area contributed by atoms with Crippen LogP contribution in [0.25, 0.3) is 0 Å². The molecule has 0 saturated carbocycles. The highest BCUT2D eigenvalue weighted by molar-refractivity contribution is 5.22. The van der Waals surface area contributed by atoms with Gasteiger partial charge in [-0.1, -0.05) is 31.2 Å². The molecule has 3 heteroatoms. The fraction of sp³-hybridized carbons (Fsp3) is 0.647. The number of nitrogens with zero attached hydrogens (tertiary/aromatic N) is 2. The van der Waals surface area contributed by atoms with Crippen molar-refractivity contribution in [1.82, 2.24) is 15.1 Å². The number of piperazine rings is 1. The zero-order chi connectivity index (χ0) is 13.8. The van der Waals surface area contributed by atoms with Gasteiger partial charge in [-0.3, -0.25) is 9.80 Å². The number of benzene rings is 1. The minimum atomic E-state index is 0.793. The van der Waals surface area contributed by atoms with Crippen molar-refractivity contribution in [3.8, 4) is 0 Å². The minimum Gasteiger partial charge on any atom is -0.315 e. The summed E-state index contributed by atoms with van der Waals surface area (Å²) in [6, 6.07) is 9.94. The first-order chi connectivity index (χ1) is 9.85. The Morgan fingerprint density at radius 1 is 1.05 bits per heavy atom. The van der Waals surface area contributed by atoms with Gasteiger partial charge in [0.25, 0.3) is 0 Å². The molecule has 2 aliphatic heterocycles. The van der Waals surface area contributed by atoms with E-state index in [-0.39, 0.29) is 0 Å². The Bertz CT molecular complexity index is 401. The smallest absolute Gasteiger partial charge is 0.0234 e. The van der Waals surface area contributed by atoms with Crippen molar-refractivity contribution < 1.29 is 0 Å². The fourth-order valence-corrected chi connectivity index (χ4v) is 3.38. The van der Waals surface area contributed by atoms with E-state index in [1.54, 1.807) is 0 Å². The van der Waals surface area contributed by atoms with Crippen LogP contribution in [0.4, 0.5) is 0 Å². The summed E-state index contributed by atoms with van der Waals surface area (Å²) in [5.74, 6) is 0. The van der Waals surface area contributed by atoms with Crippen LogP contribution in [0, 0.1) is 0 Å². The summed E-state index contributed by atoms with van der Waals surface area (Å²) >= 11 is 0. The molecule has 0 radical (unpaired) electrons. The first-order valence-electron chi connectivity index (χ1n) is 8.10. The van der Waals surface area contributed by atoms with Gasteiger partial charge in [0.1, 0.15) is 0 Å². The quantitative estimate of drug-likeness (QED) is 0.901. The molecule has 2 aliphatic rings. The van der Waals surface area contributed by atoms with E-state index >= 15 is 0 Å². The summed E-state index contributed by atoms with van der Waals surface area (Å²) < 4.78 is 0. The Morgan fingerprint density at radius 2 is 1.75 bits per heavy atom. The zero-order valence-corrected chi connectivity index (χ0v) is 12.6. The molecule has 1 N–H and O–H groups in total. The van der Waals surface area contributed by atoms with Crippen molar-refractivity contribution >= 4 is 0 Å². The molecule has 0 amide bonds. The van der Waals surface area contributed by atoms with Gasteiger partial charge in [-0.2, -0.15) is 0 Å². The second-order valence-electron chi connectivity index (χ2n) is 6.13. The Balaban J connectivity index is 1.47. The van der Waals surface area contributed by atoms with E-state index < -0.39 is 0 Å². The summed E-state index contributed by atoms with van der Waals surface area (Å²) in [6.45, 7) is 10.6. The molecular weight excluding hydrogens is 246 g/mol. The average molecular weight is 273 g/mol. The maximum absolute atomic E-state index is 3.48. The fourth-order valence-electron chi connectivity index (χ4n) is 3.38. The lowest BCUT2D eigenvalue weighted by Gasteiger charge is -2.37. The maximum atomic E-state index is 3.48. The summed E-state index contributed by atoms with van der Waals surface area (Å²) in [6.07, 6.45) is 2.47. The van der Waals surface area contributed by atoms with Gasteiger partial charge in [0.05, 0.1) is 0 Å². The second kappa shape index (κ2) is 6.70. The third-order valence-corrected chi connectivity index (χ3v) is 4.79. The van der Waals surface area contributed by atoms with Crippen molar-refractivity contribution in [2.75, 3.05) is 39.3 Å². The van der Waals surface area contributed by atoms with Gasteiger partial charge in [0, 0.05) is 45.3 Å². The van der Waals surface area contributed by atoms with E-state index in [1.165, 1.54) is 56.8 Å². The van der Waals surface area contributed by atoms with E-state index in [9.17, 15) is 0 Å². The van der Waals surface area contributed by atoms with Crippen molar-refractivity contribution in [3.05, 3.63) is 35.4 Å². The predicted molar refractivity (Wildman–Crippen MR) is 83.9 cm³/mol. The molecular formula is C17H27N3. The maximum Gasteiger partial charge on any atom is 0.0234 e. The van der Waals surface area contributed by atoms with E-state index in [1.807, 2.05) is 0 Å². The van der Waals surface area contributed by atoms with Gasteiger partial charge in [-0.25, -0.2) is 0 Å². The van der Waals surface area contributed by atoms with Gasteiger partial charge in [-0.15, -0.1) is 0 Å². The molecule has 2 heterocycles. The van der Waals surface area contributed by atoms with Gasteiger partial charge in [0.15, 0.2) is 0 Å². The molecule has 1 unspecified atom stereocenters. The normalized spacial score (nSPS) is 25.1. The molecule has 20 heavy (non-hydrogen) atoms. The number of rotatable bonds is 4. The monoisotopic (exact) mass is 273 g/mol. The van der Waals surface area contributed by atoms with Crippen LogP contribution in [0.3, 0.4) is 0 Å². The van der Waals surface area contributed by atoms with Crippen LogP contribution in [0.1, 0.15) is 24.5 Å². The first-order valence-corrected chi connectivity index (χ1v) is 8.10. The lowest BCUT2D eigenvalue weighted by molar-refractivity contribution is 0.0981. The molecule has 110 valence electrons. The highest BCUT2D eigenvalue weighted by atomic mass is 15.3. The number of hydrogen-bond donors (Lipinski definition) is 1. The van der Waals surface area contributed by atoms with Gasteiger partial charge in [-0.05, 0) is 30.5 Å². The number of hydrogen-bond acceptors (Lipinski definition) is 3. The van der Waals surface area contributed by atoms with Crippen molar-refractivity contribution in [2.24, 2.45) is 0 Å². The van der Waals surface area contributed by atoms with Crippen molar-refractivity contribution in [3.63, 3.8) is 0 Å². The van der Waals surface area contributed by atoms with E-state index in [0.29, 0.717) is 0 Å². The van der Waals surface area contributed by atoms with Crippen molar-refractivity contribution in [2.45, 2.75) is 32.4 Å². The van der Waals surface area contributed by atoms with E-state index in [4.69, 9.17) is 0 Å². The zero-order valence-electron chi connectivity index (χ0n) is 12.6. The lowest BCUT2D eigenvalue weighted by atomic mass is 10.1. The average Bonchev–Trinajstić information content (AvgIpc) is 3.03. The molecule has 0 spiro atoms. The number of nitrogens with one attached hydrogen (secondary N) is 1. The van der Waals surface area contributed by atoms with Gasteiger partial charge < -0.3 is 5.32 Å². The third kappa shape index (κ3) is 3.40. The summed E-state index contributed by atoms with van der Waals surface area (Å²) in [7, 11) is 0. The molecule has 0 bridgehead atoms. The topological polar surface area (TPSA) is 18.5 Å². The van der Waals surface area contributed by atoms with E-state index in [2.05, 4.69) is 46.3 Å². The highest BCUT2D eigenvalue weighted by Crippen LogP contribution is 2.14. The second-order valence-corrected chi connectivity index (χ2v) is 6.13. The number of aryl methyl sites for hydroxylation is 1. The first kappa shape index (κ1) is 14.1. The largest absolute Gasteiger partial charge is 0.315 e. The molecule has 0 aliphatic carbocycles. The third-order valence-electron chi connectivity index (χ3n) is 4.79. The van der Waals surface area contributed by atoms with Crippen LogP contribution in [0.2, 0.25) is 0 Å². The van der Waals surface area contributed by atoms with Crippen LogP contribution in [-0.2, 0) is 13.0 Å². The molecule has 1 atom stereocenters. The Kier molecular flexibility index (Phi) is 4.71. The predicted octanol–water partition coefficient (Wildman–Crippen LogP) is 1.73. The van der Waals surface area contributed by atoms with Crippen LogP contribution in [0.5, 0.6) is 0 Å². The van der Waals surface area contributed by atoms with Crippen LogP contribution in [0.15, 0.2) is 24.3 Å². The van der Waals surface area contributed by atoms with Gasteiger partial charge >= 0.3 is 0 Å². The summed E-state index contributed by atoms with van der Waals surface area (Å²) in [5.41, 5.74) is 2.89. The molecule has 2 fully saturated rings. The summed E-state index contributed by atoms with van der Waals surface area (Å²) in [5, 5.41) is 3.48. The molecule has 1 aromatic rings. The van der Waals surface area contributed by atoms with Crippen molar-refractivity contribution in [1.29, 1.82) is 0 Å². The van der Waals surface area contributed by atoms with Crippen LogP contribution in [-0.4, -0.2) is 55.1 Å². The summed E-state index contributed by atoms with van der Waals surface area (Å²) in [4.78, 5) is 5.27. The molecule has 3 nitrogen and oxygen atoms in total. The standard InChI is InChI=1S/C17H27N3/c1-2-15-3-5-16(6-4-15)14-19-9-11-20(12-10-19)17-7-8-18-13-17/h3-6,17-18H,2,7-14H2,1H3. The van der Waals surface area contributed by atoms with Gasteiger partial charge in [0.2, 0.25) is 0 Å². The molecule has 3 rings (SSSR count). The SMILES string of the molecule is CCc1ccc(CN2CCN(C3CCNC3)CC2)cc1. The Hall–Kier alpha value is -0.900. The minimum absolute atomic E-state index is 0.793. The Morgan fingerprint density at radius 3 is 2.35 bits per heavy atom. The van der Waals surface area contributed by atoms with Crippen LogP contribution >= 0.6 is 0 Å². The lowest BCUT2D eigenvalue weighted by Crippen LogP contribution is -2.50. The van der Waals surface area contributed by atoms with E-state index in [0.717, 1.165) is 19.0 Å². The highest BCUT2D eigenvalue weighted by Gasteiger charge is 2.25. The van der Waals surface area contributed by atoms with Crippen LogP contribution < -0.4 is 5.32 Å². The Labute approximate surface area is 123 Å². The molecule has 0 aromatic heterocycles. The molecule has 1 aromatic carbocycles. The molecule has 2 saturated heterocycles.